The lowest BCUT2D eigenvalue weighted by Gasteiger charge is -2.30. The standard InChI is InChI=1S/C21H36N7O17P3S/c1-21(2,16(31)19(32)24-4-3-12(29)23-5-6-49-40)8-42-48(38,39)45-47(36,37)41-7-11-15(44-46(33,34)35)14(30)20(43-11)28-10-27-13-17(22)25-9-26-18(13)28/h9-11,14-16,20,30-31,40H,3-8H2,1-2H3,(H,23,29)(H,24,32)(H,36,37)(H,38,39)(H2,22,25,26)(H2,33,34,35)/t11-,14+,15-,16-,20+/m0/s1. The number of aliphatic hydroxyl groups excluding tert-OH is 2. The van der Waals surface area contributed by atoms with Gasteiger partial charge in [-0.25, -0.2) is 28.6 Å². The molecule has 0 aromatic carbocycles. The monoisotopic (exact) mass is 783 g/mol. The zero-order chi connectivity index (χ0) is 36.8. The van der Waals surface area contributed by atoms with E-state index in [2.05, 4.69) is 34.4 Å². The van der Waals surface area contributed by atoms with Crippen LogP contribution in [0.1, 0.15) is 26.5 Å². The quantitative estimate of drug-likeness (QED) is 0.0445. The van der Waals surface area contributed by atoms with Gasteiger partial charge in [0, 0.05) is 30.7 Å². The van der Waals surface area contributed by atoms with E-state index in [1.54, 1.807) is 0 Å². The average molecular weight is 784 g/mol. The number of phosphoric ester groups is 3. The predicted octanol–water partition coefficient (Wildman–Crippen LogP) is -1.39. The van der Waals surface area contributed by atoms with E-state index in [1.807, 2.05) is 0 Å². The SMILES string of the molecule is CC(C)(COP(=O)(O)OP(=O)(O)OC[C@@H]1O[C@@H](n2cnc3c(N)ncnc32)[C@H](O)[C@H]1OP(=O)(O)O)[C@@H](O)C(=O)NCCC(=O)NCCSO. The van der Waals surface area contributed by atoms with Crippen molar-refractivity contribution >= 4 is 64.3 Å². The summed E-state index contributed by atoms with van der Waals surface area (Å²) in [6.45, 7) is 0.501. The Labute approximate surface area is 281 Å². The Hall–Kier alpha value is -2.15. The molecule has 1 saturated heterocycles. The Morgan fingerprint density at radius 3 is 2.43 bits per heavy atom. The Morgan fingerprint density at radius 1 is 1.10 bits per heavy atom. The first-order valence-corrected chi connectivity index (χ1v) is 19.3. The highest BCUT2D eigenvalue weighted by molar-refractivity contribution is 7.93. The zero-order valence-electron chi connectivity index (χ0n) is 25.6. The van der Waals surface area contributed by atoms with Crippen LogP contribution in [-0.2, 0) is 45.9 Å². The number of nitrogens with zero attached hydrogens (tertiary/aromatic N) is 4. The number of rotatable bonds is 19. The maximum atomic E-state index is 12.6. The van der Waals surface area contributed by atoms with Gasteiger partial charge in [-0.15, -0.1) is 0 Å². The molecule has 0 bridgehead atoms. The van der Waals surface area contributed by atoms with Crippen LogP contribution in [-0.4, -0.2) is 122 Å². The van der Waals surface area contributed by atoms with Crippen molar-refractivity contribution in [2.24, 2.45) is 5.41 Å². The number of nitrogens with one attached hydrogen (secondary N) is 2. The smallest absolute Gasteiger partial charge is 0.386 e. The zero-order valence-corrected chi connectivity index (χ0v) is 29.1. The molecule has 11 N–H and O–H groups in total. The summed E-state index contributed by atoms with van der Waals surface area (Å²) in [4.78, 5) is 74.7. The molecule has 3 rings (SSSR count). The molecule has 0 spiro atoms. The van der Waals surface area contributed by atoms with Crippen molar-refractivity contribution < 1.29 is 80.2 Å². The lowest BCUT2D eigenvalue weighted by molar-refractivity contribution is -0.137. The topological polar surface area (TPSA) is 367 Å². The summed E-state index contributed by atoms with van der Waals surface area (Å²) in [5, 5.41) is 26.0. The molecule has 24 nitrogen and oxygen atoms in total. The molecule has 0 aliphatic carbocycles. The molecule has 2 aromatic rings. The maximum absolute atomic E-state index is 12.6. The Morgan fingerprint density at radius 2 is 1.78 bits per heavy atom. The van der Waals surface area contributed by atoms with Gasteiger partial charge in [0.25, 0.3) is 0 Å². The third kappa shape index (κ3) is 12.0. The van der Waals surface area contributed by atoms with Crippen LogP contribution in [0.2, 0.25) is 0 Å². The normalized spacial score (nSPS) is 23.1. The number of aliphatic hydroxyl groups is 2. The van der Waals surface area contributed by atoms with E-state index in [9.17, 15) is 53.1 Å². The number of amides is 2. The average Bonchev–Trinajstić information content (AvgIpc) is 3.55. The summed E-state index contributed by atoms with van der Waals surface area (Å²) < 4.78 is 70.3. The van der Waals surface area contributed by atoms with Crippen LogP contribution in [0.5, 0.6) is 0 Å². The third-order valence-corrected chi connectivity index (χ3v) is 10.1. The van der Waals surface area contributed by atoms with Crippen LogP contribution in [0.15, 0.2) is 12.7 Å². The highest BCUT2D eigenvalue weighted by Crippen LogP contribution is 2.61. The molecule has 2 unspecified atom stereocenters. The first-order chi connectivity index (χ1) is 22.7. The first kappa shape index (κ1) is 41.3. The van der Waals surface area contributed by atoms with Crippen LogP contribution in [0.3, 0.4) is 0 Å². The summed E-state index contributed by atoms with van der Waals surface area (Å²) in [6, 6.07) is 0. The minimum absolute atomic E-state index is 0.0325. The van der Waals surface area contributed by atoms with E-state index >= 15 is 0 Å². The number of carbonyl (C=O) groups is 2. The third-order valence-electron chi connectivity index (χ3n) is 6.59. The van der Waals surface area contributed by atoms with Crippen molar-refractivity contribution in [2.45, 2.75) is 50.9 Å². The molecule has 49 heavy (non-hydrogen) atoms. The number of anilines is 1. The summed E-state index contributed by atoms with van der Waals surface area (Å²) in [5.41, 5.74) is 4.27. The summed E-state index contributed by atoms with van der Waals surface area (Å²) in [6.07, 6.45) is -6.85. The molecule has 2 amide bonds. The van der Waals surface area contributed by atoms with E-state index in [0.29, 0.717) is 12.0 Å². The van der Waals surface area contributed by atoms with Crippen LogP contribution in [0.4, 0.5) is 5.82 Å². The molecule has 2 aromatic heterocycles. The number of phosphoric acid groups is 3. The number of nitrogen functional groups attached to an aromatic ring is 1. The van der Waals surface area contributed by atoms with Gasteiger partial charge in [-0.1, -0.05) is 13.8 Å². The molecule has 1 aliphatic heterocycles. The van der Waals surface area contributed by atoms with Gasteiger partial charge < -0.3 is 55.4 Å². The number of aromatic nitrogens is 4. The van der Waals surface area contributed by atoms with E-state index in [-0.39, 0.29) is 42.2 Å². The molecule has 28 heteroatoms. The second-order valence-electron chi connectivity index (χ2n) is 10.9. The molecule has 3 heterocycles. The highest BCUT2D eigenvalue weighted by atomic mass is 32.2. The minimum atomic E-state index is -5.55. The van der Waals surface area contributed by atoms with Crippen LogP contribution in [0.25, 0.3) is 11.2 Å². The molecule has 7 atom stereocenters. The second kappa shape index (κ2) is 16.9. The van der Waals surface area contributed by atoms with Crippen molar-refractivity contribution in [2.75, 3.05) is 37.8 Å². The Balaban J connectivity index is 1.59. The summed E-state index contributed by atoms with van der Waals surface area (Å²) in [7, 11) is -16.3. The van der Waals surface area contributed by atoms with Crippen molar-refractivity contribution in [1.29, 1.82) is 0 Å². The number of hydrogen-bond acceptors (Lipinski definition) is 18. The number of imidazole rings is 1. The van der Waals surface area contributed by atoms with Gasteiger partial charge in [0.2, 0.25) is 11.8 Å². The highest BCUT2D eigenvalue weighted by Gasteiger charge is 2.50. The van der Waals surface area contributed by atoms with Crippen molar-refractivity contribution in [3.63, 3.8) is 0 Å². The van der Waals surface area contributed by atoms with Crippen LogP contribution in [0, 0.1) is 5.41 Å². The Bertz CT molecular complexity index is 1610. The van der Waals surface area contributed by atoms with E-state index < -0.39 is 84.6 Å². The van der Waals surface area contributed by atoms with Crippen molar-refractivity contribution in [1.82, 2.24) is 30.2 Å². The van der Waals surface area contributed by atoms with E-state index in [4.69, 9.17) is 24.1 Å². The molecule has 278 valence electrons. The fourth-order valence-corrected chi connectivity index (χ4v) is 7.20. The van der Waals surface area contributed by atoms with E-state index in [0.717, 1.165) is 17.2 Å². The fraction of sp³-hybridized carbons (Fsp3) is 0.667. The molecule has 1 fully saturated rings. The van der Waals surface area contributed by atoms with Crippen molar-refractivity contribution in [3.05, 3.63) is 12.7 Å². The lowest BCUT2D eigenvalue weighted by atomic mass is 9.87. The largest absolute Gasteiger partial charge is 0.481 e. The molecular weight excluding hydrogens is 747 g/mol. The summed E-state index contributed by atoms with van der Waals surface area (Å²) in [5.74, 6) is -1.19. The fourth-order valence-electron chi connectivity index (χ4n) is 4.18. The number of hydrogen-bond donors (Lipinski definition) is 10. The van der Waals surface area contributed by atoms with Gasteiger partial charge >= 0.3 is 23.5 Å². The predicted molar refractivity (Wildman–Crippen MR) is 165 cm³/mol. The van der Waals surface area contributed by atoms with Gasteiger partial charge in [-0.05, 0) is 12.0 Å². The van der Waals surface area contributed by atoms with Gasteiger partial charge in [-0.2, -0.15) is 4.31 Å². The second-order valence-corrected chi connectivity index (χ2v) is 15.8. The van der Waals surface area contributed by atoms with Crippen LogP contribution >= 0.6 is 35.5 Å². The number of ether oxygens (including phenoxy) is 1. The lowest BCUT2D eigenvalue weighted by Crippen LogP contribution is -2.46. The van der Waals surface area contributed by atoms with Gasteiger partial charge in [0.15, 0.2) is 17.7 Å². The first-order valence-electron chi connectivity index (χ1n) is 13.8. The summed E-state index contributed by atoms with van der Waals surface area (Å²) >= 11 is 0.534. The van der Waals surface area contributed by atoms with Crippen molar-refractivity contribution in [3.8, 4) is 0 Å². The van der Waals surface area contributed by atoms with Gasteiger partial charge in [-0.3, -0.25) is 27.7 Å². The van der Waals surface area contributed by atoms with Crippen LogP contribution < -0.4 is 16.4 Å². The number of fused-ring (bicyclic) bond motifs is 1. The molecule has 0 radical (unpaired) electrons. The molecule has 0 saturated carbocycles. The molecule has 1 aliphatic rings. The van der Waals surface area contributed by atoms with Gasteiger partial charge in [0.05, 0.1) is 19.5 Å². The number of nitrogens with two attached hydrogens (primary N) is 1. The minimum Gasteiger partial charge on any atom is -0.386 e. The Kier molecular flexibility index (Phi) is 14.2. The maximum Gasteiger partial charge on any atom is 0.481 e. The molecular formula is C21H36N7O17P3S. The number of carbonyl (C=O) groups excluding carboxylic acids is 2. The van der Waals surface area contributed by atoms with Gasteiger partial charge in [0.1, 0.15) is 36.3 Å². The van der Waals surface area contributed by atoms with E-state index in [1.165, 1.54) is 13.8 Å².